The predicted molar refractivity (Wildman–Crippen MR) is 132 cm³/mol. The van der Waals surface area contributed by atoms with Crippen LogP contribution in [0.3, 0.4) is 0 Å². The lowest BCUT2D eigenvalue weighted by atomic mass is 9.56. The smallest absolute Gasteiger partial charge is 0.252 e. The van der Waals surface area contributed by atoms with Crippen molar-refractivity contribution in [3.05, 3.63) is 35.0 Å². The van der Waals surface area contributed by atoms with Gasteiger partial charge in [-0.15, -0.1) is 0 Å². The van der Waals surface area contributed by atoms with Crippen LogP contribution in [0, 0.1) is 5.92 Å². The van der Waals surface area contributed by atoms with Crippen molar-refractivity contribution in [2.24, 2.45) is 5.92 Å². The number of carbonyl (C=O) groups excluding carboxylic acids is 2. The number of methoxy groups -OCH3 is 1. The summed E-state index contributed by atoms with van der Waals surface area (Å²) in [7, 11) is 1.66. The van der Waals surface area contributed by atoms with E-state index in [1.807, 2.05) is 24.8 Å². The first-order valence-electron chi connectivity index (χ1n) is 12.8. The maximum Gasteiger partial charge on any atom is 0.252 e. The van der Waals surface area contributed by atoms with E-state index in [9.17, 15) is 9.59 Å². The number of amides is 2. The molecule has 6 aliphatic rings. The van der Waals surface area contributed by atoms with Crippen molar-refractivity contribution in [1.29, 1.82) is 0 Å². The van der Waals surface area contributed by atoms with E-state index in [0.717, 1.165) is 52.7 Å². The summed E-state index contributed by atoms with van der Waals surface area (Å²) < 4.78 is 12.5. The summed E-state index contributed by atoms with van der Waals surface area (Å²) >= 11 is 0. The van der Waals surface area contributed by atoms with Gasteiger partial charge in [0.15, 0.2) is 5.54 Å². The van der Waals surface area contributed by atoms with Gasteiger partial charge in [-0.2, -0.15) is 0 Å². The molecule has 0 unspecified atom stereocenters. The van der Waals surface area contributed by atoms with Crippen LogP contribution < -0.4 is 10.1 Å². The van der Waals surface area contributed by atoms with E-state index in [1.165, 1.54) is 0 Å². The van der Waals surface area contributed by atoms with E-state index in [1.54, 1.807) is 7.11 Å². The molecule has 7 heteroatoms. The van der Waals surface area contributed by atoms with Gasteiger partial charge < -0.3 is 24.7 Å². The van der Waals surface area contributed by atoms with Crippen molar-refractivity contribution >= 4 is 28.8 Å². The summed E-state index contributed by atoms with van der Waals surface area (Å²) in [5, 5.41) is 4.34. The van der Waals surface area contributed by atoms with Crippen LogP contribution in [0.2, 0.25) is 0 Å². The average molecular weight is 476 g/mol. The van der Waals surface area contributed by atoms with Gasteiger partial charge >= 0.3 is 0 Å². The van der Waals surface area contributed by atoms with Gasteiger partial charge in [-0.05, 0) is 63.8 Å². The molecular weight excluding hydrogens is 442 g/mol. The highest BCUT2D eigenvalue weighted by Gasteiger charge is 2.72. The number of H-pyrrole nitrogens is 1. The molecule has 1 aromatic carbocycles. The molecular formula is C28H33N3O4. The van der Waals surface area contributed by atoms with E-state index in [0.29, 0.717) is 13.0 Å². The van der Waals surface area contributed by atoms with Gasteiger partial charge in [-0.1, -0.05) is 13.8 Å². The fraction of sp³-hybridized carbons (Fsp3) is 0.571. The first-order valence-corrected chi connectivity index (χ1v) is 12.8. The van der Waals surface area contributed by atoms with Crippen LogP contribution in [-0.2, 0) is 19.7 Å². The number of aromatic nitrogens is 1. The molecule has 184 valence electrons. The number of hydrogen-bond acceptors (Lipinski definition) is 4. The van der Waals surface area contributed by atoms with Crippen molar-refractivity contribution in [3.8, 4) is 5.75 Å². The predicted octanol–water partition coefficient (Wildman–Crippen LogP) is 3.97. The molecule has 4 saturated heterocycles. The van der Waals surface area contributed by atoms with Crippen molar-refractivity contribution in [2.45, 2.75) is 81.6 Å². The summed E-state index contributed by atoms with van der Waals surface area (Å²) in [4.78, 5) is 33.8. The first kappa shape index (κ1) is 21.5. The molecule has 1 aliphatic carbocycles. The van der Waals surface area contributed by atoms with Crippen molar-refractivity contribution < 1.29 is 19.1 Å². The zero-order valence-corrected chi connectivity index (χ0v) is 21.1. The van der Waals surface area contributed by atoms with Crippen LogP contribution >= 0.6 is 0 Å². The number of hydrogen-bond donors (Lipinski definition) is 2. The Bertz CT molecular complexity index is 1350. The Morgan fingerprint density at radius 3 is 2.71 bits per heavy atom. The first-order chi connectivity index (χ1) is 16.6. The lowest BCUT2D eigenvalue weighted by Gasteiger charge is -2.56. The monoisotopic (exact) mass is 475 g/mol. The second kappa shape index (κ2) is 6.30. The molecule has 2 spiro atoms. The maximum absolute atomic E-state index is 14.4. The zero-order valence-electron chi connectivity index (χ0n) is 21.1. The maximum atomic E-state index is 14.4. The Hall–Kier alpha value is -2.80. The van der Waals surface area contributed by atoms with E-state index in [-0.39, 0.29) is 28.7 Å². The number of nitrogens with zero attached hydrogens (tertiary/aromatic N) is 1. The Balaban J connectivity index is 1.51. The quantitative estimate of drug-likeness (QED) is 0.654. The van der Waals surface area contributed by atoms with Gasteiger partial charge in [0.1, 0.15) is 23.0 Å². The van der Waals surface area contributed by atoms with E-state index >= 15 is 0 Å². The van der Waals surface area contributed by atoms with E-state index in [2.05, 4.69) is 42.4 Å². The second-order valence-electron chi connectivity index (χ2n) is 12.2. The number of fused-ring (bicyclic) bond motifs is 7. The van der Waals surface area contributed by atoms with Crippen molar-refractivity contribution in [2.75, 3.05) is 13.7 Å². The second-order valence-corrected chi connectivity index (χ2v) is 12.2. The summed E-state index contributed by atoms with van der Waals surface area (Å²) in [5.41, 5.74) is 1.50. The summed E-state index contributed by atoms with van der Waals surface area (Å²) in [6.45, 7) is 9.15. The molecule has 0 saturated carbocycles. The number of benzene rings is 1. The summed E-state index contributed by atoms with van der Waals surface area (Å²) in [6.07, 6.45) is 6.73. The van der Waals surface area contributed by atoms with Crippen LogP contribution in [0.1, 0.15) is 76.3 Å². The molecule has 35 heavy (non-hydrogen) atoms. The number of ether oxygens (including phenoxy) is 2. The number of carbonyl (C=O) groups is 2. The van der Waals surface area contributed by atoms with Crippen LogP contribution in [0.15, 0.2) is 18.2 Å². The van der Waals surface area contributed by atoms with Crippen LogP contribution in [0.5, 0.6) is 5.75 Å². The van der Waals surface area contributed by atoms with Crippen molar-refractivity contribution in [1.82, 2.24) is 15.2 Å². The van der Waals surface area contributed by atoms with Gasteiger partial charge in [0.05, 0.1) is 5.52 Å². The molecule has 4 fully saturated rings. The largest absolute Gasteiger partial charge is 0.483 e. The third-order valence-corrected chi connectivity index (χ3v) is 9.69. The highest BCUT2D eigenvalue weighted by molar-refractivity contribution is 6.06. The Morgan fingerprint density at radius 1 is 1.14 bits per heavy atom. The van der Waals surface area contributed by atoms with Gasteiger partial charge in [0.2, 0.25) is 5.91 Å². The number of nitrogens with one attached hydrogen (secondary N) is 2. The SMILES string of the molecule is CO[C@H]1c2c([nH]c3c4c(ccc23)OC(C)(C)C=C4)C(C)(C)[C@@H]2CC[C@]34CCCN3C(=O)[C@]12NC4=O. The molecule has 7 nitrogen and oxygen atoms in total. The molecule has 2 N–H and O–H groups in total. The van der Waals surface area contributed by atoms with Gasteiger partial charge in [-0.25, -0.2) is 0 Å². The molecule has 1 aromatic heterocycles. The Kier molecular flexibility index (Phi) is 3.87. The Labute approximate surface area is 205 Å². The minimum atomic E-state index is -1.12. The fourth-order valence-corrected chi connectivity index (χ4v) is 8.13. The number of piperazine rings is 1. The van der Waals surface area contributed by atoms with Gasteiger partial charge in [-0.3, -0.25) is 9.59 Å². The molecule has 6 heterocycles. The molecule has 4 atom stereocenters. The van der Waals surface area contributed by atoms with Crippen molar-refractivity contribution in [3.63, 3.8) is 0 Å². The summed E-state index contributed by atoms with van der Waals surface area (Å²) in [5.74, 6) is 0.768. The van der Waals surface area contributed by atoms with Gasteiger partial charge in [0, 0.05) is 47.2 Å². The summed E-state index contributed by atoms with van der Waals surface area (Å²) in [6, 6.07) is 4.09. The van der Waals surface area contributed by atoms with Crippen LogP contribution in [0.4, 0.5) is 0 Å². The van der Waals surface area contributed by atoms with E-state index < -0.39 is 17.2 Å². The average Bonchev–Trinajstić information content (AvgIpc) is 3.35. The normalized spacial score (nSPS) is 35.6. The minimum Gasteiger partial charge on any atom is -0.483 e. The lowest BCUT2D eigenvalue weighted by Crippen LogP contribution is -2.77. The lowest BCUT2D eigenvalue weighted by molar-refractivity contribution is -0.170. The van der Waals surface area contributed by atoms with Crippen LogP contribution in [-0.4, -0.2) is 52.0 Å². The molecule has 2 bridgehead atoms. The van der Waals surface area contributed by atoms with Crippen LogP contribution in [0.25, 0.3) is 17.0 Å². The topological polar surface area (TPSA) is 83.7 Å². The fourth-order valence-electron chi connectivity index (χ4n) is 8.13. The Morgan fingerprint density at radius 2 is 1.94 bits per heavy atom. The number of rotatable bonds is 1. The number of aromatic amines is 1. The molecule has 2 aromatic rings. The highest BCUT2D eigenvalue weighted by atomic mass is 16.5. The van der Waals surface area contributed by atoms with Gasteiger partial charge in [0.25, 0.3) is 5.91 Å². The third-order valence-electron chi connectivity index (χ3n) is 9.69. The van der Waals surface area contributed by atoms with E-state index in [4.69, 9.17) is 9.47 Å². The zero-order chi connectivity index (χ0) is 24.5. The molecule has 5 aliphatic heterocycles. The minimum absolute atomic E-state index is 0.00538. The molecule has 0 radical (unpaired) electrons. The standard InChI is InChI=1S/C28H33N3O4/c1-25(2)12-9-15-17(35-25)8-7-16-19-21(29-20(15)16)26(3,4)18-10-13-27-11-6-14-31(27)24(33)28(18,22(19)34-5)30-23(27)32/h7-9,12,18,22,29H,6,10-11,13-14H2,1-5H3,(H,30,32)/t18-,22-,27-,28+/m0/s1. The molecule has 2 amide bonds. The third kappa shape index (κ3) is 2.31. The highest BCUT2D eigenvalue weighted by Crippen LogP contribution is 2.61. The molecule has 8 rings (SSSR count).